The molecule has 1 amide bonds. The quantitative estimate of drug-likeness (QED) is 0.521. The SMILES string of the molecule is CCOc1ccc(NC(=O)COC(=O)C=C(C)C)cc1S(=O)(=O)N1CCCC1. The summed E-state index contributed by atoms with van der Waals surface area (Å²) in [6.45, 7) is 6.02. The second-order valence-electron chi connectivity index (χ2n) is 6.58. The Morgan fingerprint density at radius 1 is 1.21 bits per heavy atom. The van der Waals surface area contributed by atoms with Crippen LogP contribution in [0.15, 0.2) is 34.7 Å². The van der Waals surface area contributed by atoms with Crippen molar-refractivity contribution in [1.29, 1.82) is 0 Å². The molecule has 1 aromatic rings. The summed E-state index contributed by atoms with van der Waals surface area (Å²) in [4.78, 5) is 23.5. The van der Waals surface area contributed by atoms with E-state index < -0.39 is 28.5 Å². The standard InChI is InChI=1S/C19H26N2O6S/c1-4-26-16-8-7-15(20-18(22)13-27-19(23)11-14(2)3)12-17(16)28(24,25)21-9-5-6-10-21/h7-8,11-12H,4-6,9-10,13H2,1-3H3,(H,20,22). The Morgan fingerprint density at radius 3 is 2.50 bits per heavy atom. The van der Waals surface area contributed by atoms with Crippen LogP contribution in [0, 0.1) is 0 Å². The highest BCUT2D eigenvalue weighted by Gasteiger charge is 2.30. The van der Waals surface area contributed by atoms with E-state index in [0.717, 1.165) is 18.4 Å². The van der Waals surface area contributed by atoms with E-state index in [1.165, 1.54) is 22.5 Å². The molecule has 1 aliphatic heterocycles. The van der Waals surface area contributed by atoms with Gasteiger partial charge in [-0.3, -0.25) is 4.79 Å². The van der Waals surface area contributed by atoms with E-state index in [9.17, 15) is 18.0 Å². The molecular formula is C19H26N2O6S. The number of carbonyl (C=O) groups is 2. The number of anilines is 1. The first kappa shape index (κ1) is 21.9. The predicted octanol–water partition coefficient (Wildman–Crippen LogP) is 2.32. The van der Waals surface area contributed by atoms with Gasteiger partial charge in [0, 0.05) is 24.9 Å². The average molecular weight is 410 g/mol. The number of ether oxygens (including phenoxy) is 2. The van der Waals surface area contributed by atoms with Crippen LogP contribution in [0.25, 0.3) is 0 Å². The van der Waals surface area contributed by atoms with Crippen LogP contribution in [0.2, 0.25) is 0 Å². The molecule has 0 radical (unpaired) electrons. The molecule has 1 fully saturated rings. The number of sulfonamides is 1. The Hall–Kier alpha value is -2.39. The number of carbonyl (C=O) groups excluding carboxylic acids is 2. The number of rotatable bonds is 8. The van der Waals surface area contributed by atoms with Crippen LogP contribution in [-0.2, 0) is 24.3 Å². The molecule has 1 aromatic carbocycles. The Morgan fingerprint density at radius 2 is 1.89 bits per heavy atom. The number of nitrogens with zero attached hydrogens (tertiary/aromatic N) is 1. The fourth-order valence-corrected chi connectivity index (χ4v) is 4.42. The highest BCUT2D eigenvalue weighted by Crippen LogP contribution is 2.31. The maximum Gasteiger partial charge on any atom is 0.331 e. The summed E-state index contributed by atoms with van der Waals surface area (Å²) in [5.74, 6) is -0.939. The zero-order valence-electron chi connectivity index (χ0n) is 16.4. The van der Waals surface area contributed by atoms with Crippen LogP contribution in [0.4, 0.5) is 5.69 Å². The fourth-order valence-electron chi connectivity index (χ4n) is 2.74. The van der Waals surface area contributed by atoms with E-state index in [2.05, 4.69) is 5.32 Å². The lowest BCUT2D eigenvalue weighted by molar-refractivity contribution is -0.142. The highest BCUT2D eigenvalue weighted by atomic mass is 32.2. The predicted molar refractivity (Wildman–Crippen MR) is 105 cm³/mol. The van der Waals surface area contributed by atoms with E-state index in [1.54, 1.807) is 26.8 Å². The van der Waals surface area contributed by atoms with Crippen molar-refractivity contribution < 1.29 is 27.5 Å². The molecule has 9 heteroatoms. The van der Waals surface area contributed by atoms with E-state index in [4.69, 9.17) is 9.47 Å². The molecule has 1 saturated heterocycles. The number of hydrogen-bond acceptors (Lipinski definition) is 6. The zero-order chi connectivity index (χ0) is 20.7. The third-order valence-corrected chi connectivity index (χ3v) is 5.88. The minimum absolute atomic E-state index is 0.00980. The monoisotopic (exact) mass is 410 g/mol. The summed E-state index contributed by atoms with van der Waals surface area (Å²) < 4.78 is 37.6. The smallest absolute Gasteiger partial charge is 0.331 e. The van der Waals surface area contributed by atoms with Crippen LogP contribution < -0.4 is 10.1 Å². The van der Waals surface area contributed by atoms with Crippen molar-refractivity contribution in [2.45, 2.75) is 38.5 Å². The minimum Gasteiger partial charge on any atom is -0.492 e. The summed E-state index contributed by atoms with van der Waals surface area (Å²) in [5, 5.41) is 2.55. The Balaban J connectivity index is 2.16. The van der Waals surface area contributed by atoms with Crippen molar-refractivity contribution in [1.82, 2.24) is 4.31 Å². The van der Waals surface area contributed by atoms with Crippen molar-refractivity contribution in [3.8, 4) is 5.75 Å². The molecule has 1 heterocycles. The first-order chi connectivity index (χ1) is 13.2. The molecule has 8 nitrogen and oxygen atoms in total. The van der Waals surface area contributed by atoms with Crippen LogP contribution in [-0.4, -0.2) is 50.9 Å². The molecule has 1 aliphatic rings. The van der Waals surface area contributed by atoms with Gasteiger partial charge in [-0.1, -0.05) is 5.57 Å². The molecule has 0 aromatic heterocycles. The number of amides is 1. The Labute approximate surface area is 165 Å². The normalized spacial score (nSPS) is 14.4. The fraction of sp³-hybridized carbons (Fsp3) is 0.474. The van der Waals surface area contributed by atoms with Crippen molar-refractivity contribution in [3.05, 3.63) is 29.8 Å². The molecule has 0 unspecified atom stereocenters. The van der Waals surface area contributed by atoms with Crippen LogP contribution in [0.1, 0.15) is 33.6 Å². The van der Waals surface area contributed by atoms with Gasteiger partial charge in [0.15, 0.2) is 6.61 Å². The minimum atomic E-state index is -3.73. The van der Waals surface area contributed by atoms with E-state index in [0.29, 0.717) is 19.7 Å². The van der Waals surface area contributed by atoms with Crippen molar-refractivity contribution in [2.75, 3.05) is 31.6 Å². The molecule has 28 heavy (non-hydrogen) atoms. The van der Waals surface area contributed by atoms with Gasteiger partial charge in [0.25, 0.3) is 5.91 Å². The highest BCUT2D eigenvalue weighted by molar-refractivity contribution is 7.89. The Bertz CT molecular complexity index is 853. The molecule has 0 bridgehead atoms. The lowest BCUT2D eigenvalue weighted by Crippen LogP contribution is -2.28. The second-order valence-corrected chi connectivity index (χ2v) is 8.49. The molecule has 2 rings (SSSR count). The second kappa shape index (κ2) is 9.70. The molecular weight excluding hydrogens is 384 g/mol. The number of benzene rings is 1. The van der Waals surface area contributed by atoms with E-state index in [1.807, 2.05) is 0 Å². The summed E-state index contributed by atoms with van der Waals surface area (Å²) in [5.41, 5.74) is 1.04. The van der Waals surface area contributed by atoms with Crippen LogP contribution in [0.3, 0.4) is 0 Å². The number of nitrogens with one attached hydrogen (secondary N) is 1. The molecule has 1 N–H and O–H groups in total. The van der Waals surface area contributed by atoms with Gasteiger partial charge < -0.3 is 14.8 Å². The van der Waals surface area contributed by atoms with Crippen molar-refractivity contribution in [2.24, 2.45) is 0 Å². The van der Waals surface area contributed by atoms with Gasteiger partial charge in [0.05, 0.1) is 6.61 Å². The maximum absolute atomic E-state index is 12.9. The molecule has 0 saturated carbocycles. The molecule has 0 aliphatic carbocycles. The summed E-state index contributed by atoms with van der Waals surface area (Å²) >= 11 is 0. The van der Waals surface area contributed by atoms with Crippen molar-refractivity contribution >= 4 is 27.6 Å². The zero-order valence-corrected chi connectivity index (χ0v) is 17.2. The lowest BCUT2D eigenvalue weighted by Gasteiger charge is -2.19. The molecule has 0 spiro atoms. The van der Waals surface area contributed by atoms with E-state index in [-0.39, 0.29) is 16.3 Å². The van der Waals surface area contributed by atoms with Gasteiger partial charge in [0.1, 0.15) is 10.6 Å². The maximum atomic E-state index is 12.9. The largest absolute Gasteiger partial charge is 0.492 e. The van der Waals surface area contributed by atoms with Crippen molar-refractivity contribution in [3.63, 3.8) is 0 Å². The topological polar surface area (TPSA) is 102 Å². The van der Waals surface area contributed by atoms with Gasteiger partial charge in [-0.2, -0.15) is 4.31 Å². The van der Waals surface area contributed by atoms with Gasteiger partial charge >= 0.3 is 5.97 Å². The van der Waals surface area contributed by atoms with Gasteiger partial charge in [-0.15, -0.1) is 0 Å². The van der Waals surface area contributed by atoms with Crippen LogP contribution in [0.5, 0.6) is 5.75 Å². The molecule has 0 atom stereocenters. The number of hydrogen-bond donors (Lipinski definition) is 1. The first-order valence-electron chi connectivity index (χ1n) is 9.12. The van der Waals surface area contributed by atoms with Gasteiger partial charge in [0.2, 0.25) is 10.0 Å². The number of allylic oxidation sites excluding steroid dienone is 1. The Kier molecular flexibility index (Phi) is 7.59. The number of esters is 1. The summed E-state index contributed by atoms with van der Waals surface area (Å²) in [6, 6.07) is 4.43. The summed E-state index contributed by atoms with van der Waals surface area (Å²) in [6.07, 6.45) is 2.91. The van der Waals surface area contributed by atoms with E-state index >= 15 is 0 Å². The third kappa shape index (κ3) is 5.80. The molecule has 154 valence electrons. The summed E-state index contributed by atoms with van der Waals surface area (Å²) in [7, 11) is -3.73. The van der Waals surface area contributed by atoms with Gasteiger partial charge in [-0.25, -0.2) is 13.2 Å². The lowest BCUT2D eigenvalue weighted by atomic mass is 10.3. The first-order valence-corrected chi connectivity index (χ1v) is 10.6. The van der Waals surface area contributed by atoms with Crippen LogP contribution >= 0.6 is 0 Å². The third-order valence-electron chi connectivity index (χ3n) is 3.96. The van der Waals surface area contributed by atoms with Gasteiger partial charge in [-0.05, 0) is 51.8 Å². The average Bonchev–Trinajstić information content (AvgIpc) is 3.16.